The molecule has 0 amide bonds. The van der Waals surface area contributed by atoms with E-state index < -0.39 is 0 Å². The Labute approximate surface area is 137 Å². The molecule has 0 fully saturated rings. The second-order valence-corrected chi connectivity index (χ2v) is 6.69. The lowest BCUT2D eigenvalue weighted by Crippen LogP contribution is -2.46. The van der Waals surface area contributed by atoms with Crippen LogP contribution in [-0.2, 0) is 18.2 Å². The average molecular weight is 360 g/mol. The molecule has 2 unspecified atom stereocenters. The Morgan fingerprint density at radius 1 is 1.33 bits per heavy atom. The summed E-state index contributed by atoms with van der Waals surface area (Å²) in [5.74, 6) is 0.479. The van der Waals surface area contributed by atoms with Crippen molar-refractivity contribution < 1.29 is 4.74 Å². The molecule has 0 aliphatic rings. The second kappa shape index (κ2) is 8.91. The van der Waals surface area contributed by atoms with Gasteiger partial charge >= 0.3 is 0 Å². The lowest BCUT2D eigenvalue weighted by Gasteiger charge is -2.31. The first-order chi connectivity index (χ1) is 9.92. The molecule has 0 bridgehead atoms. The minimum absolute atomic E-state index is 0.212. The smallest absolute Gasteiger partial charge is 0.0754 e. The van der Waals surface area contributed by atoms with Crippen LogP contribution in [-0.4, -0.2) is 35.1 Å². The number of ether oxygens (including phenoxy) is 1. The van der Waals surface area contributed by atoms with E-state index in [-0.39, 0.29) is 6.10 Å². The molecule has 1 aromatic heterocycles. The maximum atomic E-state index is 6.01. The predicted octanol–water partition coefficient (Wildman–Crippen LogP) is 3.46. The van der Waals surface area contributed by atoms with Gasteiger partial charge in [-0.25, -0.2) is 0 Å². The third-order valence-corrected chi connectivity index (χ3v) is 4.78. The van der Waals surface area contributed by atoms with Crippen LogP contribution in [0.3, 0.4) is 0 Å². The van der Waals surface area contributed by atoms with Crippen LogP contribution >= 0.6 is 15.9 Å². The van der Waals surface area contributed by atoms with Crippen LogP contribution in [0.1, 0.15) is 45.5 Å². The van der Waals surface area contributed by atoms with Gasteiger partial charge < -0.3 is 10.1 Å². The molecule has 5 heteroatoms. The third-order valence-electron chi connectivity index (χ3n) is 3.74. The lowest BCUT2D eigenvalue weighted by atomic mass is 9.95. The van der Waals surface area contributed by atoms with E-state index in [1.54, 1.807) is 0 Å². The van der Waals surface area contributed by atoms with E-state index in [1.807, 2.05) is 18.7 Å². The summed E-state index contributed by atoms with van der Waals surface area (Å²) in [5, 5.41) is 8.16. The van der Waals surface area contributed by atoms with Crippen LogP contribution in [0, 0.1) is 12.8 Å². The minimum Gasteiger partial charge on any atom is -0.377 e. The van der Waals surface area contributed by atoms with Gasteiger partial charge in [0.25, 0.3) is 0 Å². The van der Waals surface area contributed by atoms with E-state index >= 15 is 0 Å². The van der Waals surface area contributed by atoms with Crippen molar-refractivity contribution in [1.82, 2.24) is 15.1 Å². The van der Waals surface area contributed by atoms with Crippen LogP contribution < -0.4 is 5.32 Å². The summed E-state index contributed by atoms with van der Waals surface area (Å²) in [5.41, 5.74) is 2.27. The Balaban J connectivity index is 2.95. The summed E-state index contributed by atoms with van der Waals surface area (Å²) in [7, 11) is 2.01. The Kier molecular flexibility index (Phi) is 7.92. The SMILES string of the molecule is CCCNC(Cc1c(Br)c(C)nn1C)C(OCC)C(C)C. The molecule has 4 nitrogen and oxygen atoms in total. The van der Waals surface area contributed by atoms with Gasteiger partial charge in [0.15, 0.2) is 0 Å². The molecule has 0 aromatic carbocycles. The molecular formula is C16H30BrN3O. The van der Waals surface area contributed by atoms with Crippen LogP contribution in [0.15, 0.2) is 4.47 Å². The average Bonchev–Trinajstić information content (AvgIpc) is 2.66. The van der Waals surface area contributed by atoms with Crippen molar-refractivity contribution in [1.29, 1.82) is 0 Å². The monoisotopic (exact) mass is 359 g/mol. The summed E-state index contributed by atoms with van der Waals surface area (Å²) in [4.78, 5) is 0. The number of halogens is 1. The van der Waals surface area contributed by atoms with E-state index in [9.17, 15) is 0 Å². The third kappa shape index (κ3) is 5.08. The van der Waals surface area contributed by atoms with Crippen molar-refractivity contribution in [3.8, 4) is 0 Å². The molecule has 1 aromatic rings. The van der Waals surface area contributed by atoms with Crippen molar-refractivity contribution in [2.75, 3.05) is 13.2 Å². The molecule has 2 atom stereocenters. The van der Waals surface area contributed by atoms with E-state index in [0.29, 0.717) is 12.0 Å². The maximum Gasteiger partial charge on any atom is 0.0754 e. The zero-order valence-corrected chi connectivity index (χ0v) is 15.8. The normalized spacial score (nSPS) is 14.7. The molecule has 1 N–H and O–H groups in total. The van der Waals surface area contributed by atoms with Gasteiger partial charge in [0.05, 0.1) is 22.0 Å². The van der Waals surface area contributed by atoms with Gasteiger partial charge in [-0.05, 0) is 48.7 Å². The highest BCUT2D eigenvalue weighted by Crippen LogP contribution is 2.24. The highest BCUT2D eigenvalue weighted by molar-refractivity contribution is 9.10. The van der Waals surface area contributed by atoms with Crippen molar-refractivity contribution in [3.63, 3.8) is 0 Å². The van der Waals surface area contributed by atoms with Crippen molar-refractivity contribution in [2.45, 2.75) is 59.6 Å². The molecule has 21 heavy (non-hydrogen) atoms. The van der Waals surface area contributed by atoms with Gasteiger partial charge in [-0.15, -0.1) is 0 Å². The summed E-state index contributed by atoms with van der Waals surface area (Å²) < 4.78 is 9.11. The zero-order chi connectivity index (χ0) is 16.0. The van der Waals surface area contributed by atoms with Gasteiger partial charge in [-0.1, -0.05) is 20.8 Å². The highest BCUT2D eigenvalue weighted by atomic mass is 79.9. The topological polar surface area (TPSA) is 39.1 Å². The van der Waals surface area contributed by atoms with E-state index in [0.717, 1.165) is 36.2 Å². The van der Waals surface area contributed by atoms with Crippen molar-refractivity contribution in [2.24, 2.45) is 13.0 Å². The summed E-state index contributed by atoms with van der Waals surface area (Å²) in [6.07, 6.45) is 2.25. The summed E-state index contributed by atoms with van der Waals surface area (Å²) >= 11 is 3.67. The highest BCUT2D eigenvalue weighted by Gasteiger charge is 2.27. The van der Waals surface area contributed by atoms with Gasteiger partial charge in [-0.3, -0.25) is 4.68 Å². The first kappa shape index (κ1) is 18.7. The van der Waals surface area contributed by atoms with Gasteiger partial charge in [-0.2, -0.15) is 5.10 Å². The second-order valence-electron chi connectivity index (χ2n) is 5.90. The quantitative estimate of drug-likeness (QED) is 0.733. The number of nitrogens with one attached hydrogen (secondary N) is 1. The first-order valence-corrected chi connectivity index (χ1v) is 8.74. The van der Waals surface area contributed by atoms with E-state index in [1.165, 1.54) is 5.69 Å². The molecule has 0 aliphatic carbocycles. The van der Waals surface area contributed by atoms with Crippen LogP contribution in [0.5, 0.6) is 0 Å². The summed E-state index contributed by atoms with van der Waals surface area (Å²) in [6.45, 7) is 12.5. The van der Waals surface area contributed by atoms with Crippen molar-refractivity contribution in [3.05, 3.63) is 15.9 Å². The fourth-order valence-electron chi connectivity index (χ4n) is 2.71. The number of hydrogen-bond acceptors (Lipinski definition) is 3. The molecule has 1 heterocycles. The van der Waals surface area contributed by atoms with Gasteiger partial charge in [0, 0.05) is 26.1 Å². The number of aryl methyl sites for hydroxylation is 2. The number of nitrogens with zero attached hydrogens (tertiary/aromatic N) is 2. The maximum absolute atomic E-state index is 6.01. The largest absolute Gasteiger partial charge is 0.377 e. The van der Waals surface area contributed by atoms with E-state index in [4.69, 9.17) is 4.74 Å². The minimum atomic E-state index is 0.212. The molecule has 0 saturated heterocycles. The summed E-state index contributed by atoms with van der Waals surface area (Å²) in [6, 6.07) is 0.302. The zero-order valence-electron chi connectivity index (χ0n) is 14.2. The molecule has 0 spiro atoms. The van der Waals surface area contributed by atoms with Gasteiger partial charge in [0.2, 0.25) is 0 Å². The molecular weight excluding hydrogens is 330 g/mol. The fourth-order valence-corrected chi connectivity index (χ4v) is 3.21. The molecule has 0 radical (unpaired) electrons. The standard InChI is InChI=1S/C16H30BrN3O/c1-7-9-18-13(16(11(3)4)21-8-2)10-14-15(17)12(5)19-20(14)6/h11,13,16,18H,7-10H2,1-6H3. The Morgan fingerprint density at radius 3 is 2.43 bits per heavy atom. The van der Waals surface area contributed by atoms with Gasteiger partial charge in [0.1, 0.15) is 0 Å². The van der Waals surface area contributed by atoms with Crippen LogP contribution in [0.2, 0.25) is 0 Å². The Bertz CT molecular complexity index is 431. The molecule has 0 aliphatic heterocycles. The number of aromatic nitrogens is 2. The number of hydrogen-bond donors (Lipinski definition) is 1. The Hall–Kier alpha value is -0.390. The fraction of sp³-hybridized carbons (Fsp3) is 0.812. The van der Waals surface area contributed by atoms with Crippen LogP contribution in [0.4, 0.5) is 0 Å². The van der Waals surface area contributed by atoms with E-state index in [2.05, 4.69) is 54.0 Å². The van der Waals surface area contributed by atoms with Crippen molar-refractivity contribution >= 4 is 15.9 Å². The Morgan fingerprint density at radius 2 is 2.00 bits per heavy atom. The first-order valence-electron chi connectivity index (χ1n) is 7.95. The van der Waals surface area contributed by atoms with Crippen LogP contribution in [0.25, 0.3) is 0 Å². The molecule has 0 saturated carbocycles. The lowest BCUT2D eigenvalue weighted by molar-refractivity contribution is 0.00319. The number of rotatable bonds is 9. The predicted molar refractivity (Wildman–Crippen MR) is 91.7 cm³/mol. The molecule has 122 valence electrons. The molecule has 1 rings (SSSR count).